The standard InChI is InChI=1S/C15H22ClNO2/c1-3-4-5-6-13(17-2)11-9-14-15(10-12(11)16)19-8-7-18-14/h9-10,13,17H,3-8H2,1-2H3. The maximum atomic E-state index is 6.37. The number of hydrogen-bond acceptors (Lipinski definition) is 3. The Morgan fingerprint density at radius 1 is 1.21 bits per heavy atom. The first-order valence-electron chi connectivity index (χ1n) is 7.02. The average Bonchev–Trinajstić information content (AvgIpc) is 2.43. The Morgan fingerprint density at radius 2 is 1.89 bits per heavy atom. The van der Waals surface area contributed by atoms with Crippen molar-refractivity contribution in [2.45, 2.75) is 38.6 Å². The number of unbranched alkanes of at least 4 members (excludes halogenated alkanes) is 2. The van der Waals surface area contributed by atoms with Crippen LogP contribution in [0.1, 0.15) is 44.2 Å². The van der Waals surface area contributed by atoms with Crippen molar-refractivity contribution in [1.29, 1.82) is 0 Å². The van der Waals surface area contributed by atoms with E-state index in [9.17, 15) is 0 Å². The van der Waals surface area contributed by atoms with Gasteiger partial charge < -0.3 is 14.8 Å². The highest BCUT2D eigenvalue weighted by atomic mass is 35.5. The number of ether oxygens (including phenoxy) is 2. The molecule has 0 saturated heterocycles. The van der Waals surface area contributed by atoms with Crippen LogP contribution in [0.15, 0.2) is 12.1 Å². The summed E-state index contributed by atoms with van der Waals surface area (Å²) >= 11 is 6.37. The summed E-state index contributed by atoms with van der Waals surface area (Å²) in [5.41, 5.74) is 1.10. The molecule has 1 aromatic carbocycles. The summed E-state index contributed by atoms with van der Waals surface area (Å²) in [6.45, 7) is 3.41. The third-order valence-corrected chi connectivity index (χ3v) is 3.81. The van der Waals surface area contributed by atoms with Crippen molar-refractivity contribution in [2.24, 2.45) is 0 Å². The molecule has 4 heteroatoms. The topological polar surface area (TPSA) is 30.5 Å². The van der Waals surface area contributed by atoms with Crippen LogP contribution in [-0.4, -0.2) is 20.3 Å². The maximum Gasteiger partial charge on any atom is 0.162 e. The van der Waals surface area contributed by atoms with Crippen molar-refractivity contribution < 1.29 is 9.47 Å². The molecule has 1 unspecified atom stereocenters. The lowest BCUT2D eigenvalue weighted by Crippen LogP contribution is -2.19. The van der Waals surface area contributed by atoms with Gasteiger partial charge in [-0.05, 0) is 25.1 Å². The summed E-state index contributed by atoms with van der Waals surface area (Å²) in [5, 5.41) is 4.09. The molecule has 19 heavy (non-hydrogen) atoms. The zero-order valence-corrected chi connectivity index (χ0v) is 12.4. The van der Waals surface area contributed by atoms with Gasteiger partial charge in [-0.15, -0.1) is 0 Å². The summed E-state index contributed by atoms with van der Waals surface area (Å²) in [6, 6.07) is 4.16. The van der Waals surface area contributed by atoms with E-state index in [0.29, 0.717) is 13.2 Å². The number of benzene rings is 1. The van der Waals surface area contributed by atoms with Gasteiger partial charge in [-0.25, -0.2) is 0 Å². The van der Waals surface area contributed by atoms with E-state index in [2.05, 4.69) is 12.2 Å². The van der Waals surface area contributed by atoms with E-state index < -0.39 is 0 Å². The van der Waals surface area contributed by atoms with Crippen molar-refractivity contribution in [3.63, 3.8) is 0 Å². The molecule has 1 heterocycles. The number of fused-ring (bicyclic) bond motifs is 1. The second-order valence-corrected chi connectivity index (χ2v) is 5.26. The molecule has 0 aliphatic carbocycles. The molecule has 0 amide bonds. The molecule has 0 aromatic heterocycles. The number of rotatable bonds is 6. The first-order chi connectivity index (χ1) is 9.26. The van der Waals surface area contributed by atoms with Crippen LogP contribution in [0.2, 0.25) is 5.02 Å². The highest BCUT2D eigenvalue weighted by molar-refractivity contribution is 6.31. The molecule has 1 atom stereocenters. The van der Waals surface area contributed by atoms with Crippen molar-refractivity contribution in [3.8, 4) is 11.5 Å². The fourth-order valence-corrected chi connectivity index (χ4v) is 2.69. The summed E-state index contributed by atoms with van der Waals surface area (Å²) < 4.78 is 11.2. The SMILES string of the molecule is CCCCCC(NC)c1cc2c(cc1Cl)OCCO2. The van der Waals surface area contributed by atoms with Gasteiger partial charge >= 0.3 is 0 Å². The number of nitrogens with one attached hydrogen (secondary N) is 1. The molecule has 0 saturated carbocycles. The monoisotopic (exact) mass is 283 g/mol. The molecule has 1 aliphatic heterocycles. The molecular weight excluding hydrogens is 262 g/mol. The second-order valence-electron chi connectivity index (χ2n) is 4.85. The number of halogens is 1. The minimum atomic E-state index is 0.273. The van der Waals surface area contributed by atoms with E-state index in [1.54, 1.807) is 0 Å². The van der Waals surface area contributed by atoms with Gasteiger partial charge in [0, 0.05) is 17.1 Å². The van der Waals surface area contributed by atoms with E-state index in [1.165, 1.54) is 19.3 Å². The van der Waals surface area contributed by atoms with Crippen LogP contribution in [0, 0.1) is 0 Å². The van der Waals surface area contributed by atoms with Gasteiger partial charge in [0.15, 0.2) is 11.5 Å². The molecule has 1 aliphatic rings. The van der Waals surface area contributed by atoms with E-state index in [-0.39, 0.29) is 6.04 Å². The van der Waals surface area contributed by atoms with E-state index in [0.717, 1.165) is 28.5 Å². The zero-order chi connectivity index (χ0) is 13.7. The maximum absolute atomic E-state index is 6.37. The molecule has 0 spiro atoms. The molecule has 2 rings (SSSR count). The quantitative estimate of drug-likeness (QED) is 0.802. The zero-order valence-electron chi connectivity index (χ0n) is 11.7. The van der Waals surface area contributed by atoms with Crippen molar-refractivity contribution in [1.82, 2.24) is 5.32 Å². The third-order valence-electron chi connectivity index (χ3n) is 3.48. The van der Waals surface area contributed by atoms with Crippen molar-refractivity contribution in [2.75, 3.05) is 20.3 Å². The summed E-state index contributed by atoms with van der Waals surface area (Å²) in [6.07, 6.45) is 4.77. The highest BCUT2D eigenvalue weighted by Gasteiger charge is 2.19. The fraction of sp³-hybridized carbons (Fsp3) is 0.600. The van der Waals surface area contributed by atoms with E-state index in [4.69, 9.17) is 21.1 Å². The lowest BCUT2D eigenvalue weighted by Gasteiger charge is -2.23. The van der Waals surface area contributed by atoms with Gasteiger partial charge in [-0.1, -0.05) is 37.8 Å². The smallest absolute Gasteiger partial charge is 0.162 e. The van der Waals surface area contributed by atoms with E-state index in [1.807, 2.05) is 19.2 Å². The van der Waals surface area contributed by atoms with Gasteiger partial charge in [-0.2, -0.15) is 0 Å². The van der Waals surface area contributed by atoms with Crippen LogP contribution in [0.5, 0.6) is 11.5 Å². The van der Waals surface area contributed by atoms with Crippen LogP contribution in [0.3, 0.4) is 0 Å². The lowest BCUT2D eigenvalue weighted by atomic mass is 10.00. The third kappa shape index (κ3) is 3.54. The number of hydrogen-bond donors (Lipinski definition) is 1. The van der Waals surface area contributed by atoms with Crippen LogP contribution >= 0.6 is 11.6 Å². The summed E-state index contributed by atoms with van der Waals surface area (Å²) in [7, 11) is 1.98. The summed E-state index contributed by atoms with van der Waals surface area (Å²) in [5.74, 6) is 1.56. The molecule has 0 bridgehead atoms. The van der Waals surface area contributed by atoms with Crippen LogP contribution in [0.4, 0.5) is 0 Å². The molecule has 0 radical (unpaired) electrons. The van der Waals surface area contributed by atoms with Crippen LogP contribution < -0.4 is 14.8 Å². The Kier molecular flexibility index (Phi) is 5.34. The Morgan fingerprint density at radius 3 is 2.53 bits per heavy atom. The van der Waals surface area contributed by atoms with Gasteiger partial charge in [-0.3, -0.25) is 0 Å². The van der Waals surface area contributed by atoms with Gasteiger partial charge in [0.1, 0.15) is 13.2 Å². The largest absolute Gasteiger partial charge is 0.486 e. The van der Waals surface area contributed by atoms with Gasteiger partial charge in [0.05, 0.1) is 0 Å². The van der Waals surface area contributed by atoms with E-state index >= 15 is 0 Å². The fourth-order valence-electron chi connectivity index (χ4n) is 2.40. The molecule has 106 valence electrons. The molecule has 1 N–H and O–H groups in total. The normalized spacial score (nSPS) is 15.3. The molecule has 3 nitrogen and oxygen atoms in total. The summed E-state index contributed by atoms with van der Waals surface area (Å²) in [4.78, 5) is 0. The van der Waals surface area contributed by atoms with Gasteiger partial charge in [0.2, 0.25) is 0 Å². The Labute approximate surface area is 120 Å². The van der Waals surface area contributed by atoms with Crippen molar-refractivity contribution in [3.05, 3.63) is 22.7 Å². The van der Waals surface area contributed by atoms with Crippen LogP contribution in [-0.2, 0) is 0 Å². The van der Waals surface area contributed by atoms with Gasteiger partial charge in [0.25, 0.3) is 0 Å². The van der Waals surface area contributed by atoms with Crippen molar-refractivity contribution >= 4 is 11.6 Å². The Hall–Kier alpha value is -0.930. The average molecular weight is 284 g/mol. The first kappa shape index (κ1) is 14.5. The second kappa shape index (κ2) is 7.01. The minimum Gasteiger partial charge on any atom is -0.486 e. The Balaban J connectivity index is 2.17. The van der Waals surface area contributed by atoms with Crippen LogP contribution in [0.25, 0.3) is 0 Å². The highest BCUT2D eigenvalue weighted by Crippen LogP contribution is 2.38. The predicted octanol–water partition coefficient (Wildman–Crippen LogP) is 3.95. The Bertz CT molecular complexity index is 423. The lowest BCUT2D eigenvalue weighted by molar-refractivity contribution is 0.171. The minimum absolute atomic E-state index is 0.273. The molecule has 0 fully saturated rings. The molecule has 1 aromatic rings. The predicted molar refractivity (Wildman–Crippen MR) is 78.4 cm³/mol. The first-order valence-corrected chi connectivity index (χ1v) is 7.40. The molecular formula is C15H22ClNO2.